The zero-order valence-corrected chi connectivity index (χ0v) is 12.0. The fourth-order valence-corrected chi connectivity index (χ4v) is 3.02. The molecular formula is C16H17F3N2O. The van der Waals surface area contributed by atoms with E-state index in [1.54, 1.807) is 6.20 Å². The van der Waals surface area contributed by atoms with Crippen molar-refractivity contribution in [2.24, 2.45) is 5.92 Å². The summed E-state index contributed by atoms with van der Waals surface area (Å²) in [6.07, 6.45) is -0.872. The Bertz CT molecular complexity index is 672. The minimum absolute atomic E-state index is 0.137. The van der Waals surface area contributed by atoms with Crippen molar-refractivity contribution in [1.29, 1.82) is 0 Å². The van der Waals surface area contributed by atoms with Crippen molar-refractivity contribution in [3.63, 3.8) is 0 Å². The van der Waals surface area contributed by atoms with Gasteiger partial charge < -0.3 is 10.0 Å². The second-order valence-electron chi connectivity index (χ2n) is 5.70. The predicted molar refractivity (Wildman–Crippen MR) is 78.8 cm³/mol. The molecule has 0 saturated carbocycles. The Morgan fingerprint density at radius 1 is 1.27 bits per heavy atom. The number of benzene rings is 1. The van der Waals surface area contributed by atoms with Gasteiger partial charge in [0, 0.05) is 37.0 Å². The summed E-state index contributed by atoms with van der Waals surface area (Å²) in [7, 11) is 0. The van der Waals surface area contributed by atoms with Crippen LogP contribution in [0, 0.1) is 5.92 Å². The molecule has 1 aliphatic heterocycles. The lowest BCUT2D eigenvalue weighted by Crippen LogP contribution is -2.36. The Labute approximate surface area is 126 Å². The highest BCUT2D eigenvalue weighted by molar-refractivity contribution is 5.92. The van der Waals surface area contributed by atoms with Gasteiger partial charge in [0.1, 0.15) is 0 Å². The fraction of sp³-hybridized carbons (Fsp3) is 0.438. The van der Waals surface area contributed by atoms with E-state index in [0.717, 1.165) is 43.8 Å². The van der Waals surface area contributed by atoms with Crippen LogP contribution in [-0.2, 0) is 6.18 Å². The second kappa shape index (κ2) is 5.76. The van der Waals surface area contributed by atoms with Gasteiger partial charge in [-0.05, 0) is 37.0 Å². The number of pyridine rings is 1. The molecule has 1 aromatic carbocycles. The van der Waals surface area contributed by atoms with E-state index in [-0.39, 0.29) is 12.5 Å². The van der Waals surface area contributed by atoms with Gasteiger partial charge >= 0.3 is 6.18 Å². The summed E-state index contributed by atoms with van der Waals surface area (Å²) >= 11 is 0. The van der Waals surface area contributed by atoms with Gasteiger partial charge in [-0.3, -0.25) is 4.98 Å². The number of hydrogen-bond acceptors (Lipinski definition) is 3. The maximum Gasteiger partial charge on any atom is 0.416 e. The highest BCUT2D eigenvalue weighted by atomic mass is 19.4. The number of aliphatic hydroxyl groups excluding tert-OH is 1. The van der Waals surface area contributed by atoms with Crippen LogP contribution in [0.15, 0.2) is 30.5 Å². The molecule has 22 heavy (non-hydrogen) atoms. The van der Waals surface area contributed by atoms with Crippen LogP contribution >= 0.6 is 0 Å². The largest absolute Gasteiger partial charge is 0.416 e. The molecule has 1 unspecified atom stereocenters. The van der Waals surface area contributed by atoms with Gasteiger partial charge in [0.05, 0.1) is 11.1 Å². The number of aliphatic hydroxyl groups is 1. The molecule has 3 nitrogen and oxygen atoms in total. The van der Waals surface area contributed by atoms with Gasteiger partial charge in [0.15, 0.2) is 0 Å². The molecular weight excluding hydrogens is 293 g/mol. The van der Waals surface area contributed by atoms with E-state index >= 15 is 0 Å². The summed E-state index contributed by atoms with van der Waals surface area (Å²) < 4.78 is 38.4. The summed E-state index contributed by atoms with van der Waals surface area (Å²) in [5.41, 5.74) is 0.548. The topological polar surface area (TPSA) is 36.4 Å². The van der Waals surface area contributed by atoms with E-state index in [4.69, 9.17) is 0 Å². The first-order chi connectivity index (χ1) is 10.5. The number of aromatic nitrogens is 1. The molecule has 6 heteroatoms. The van der Waals surface area contributed by atoms with Crippen molar-refractivity contribution < 1.29 is 18.3 Å². The van der Waals surface area contributed by atoms with Gasteiger partial charge in [0.25, 0.3) is 0 Å². The van der Waals surface area contributed by atoms with E-state index in [9.17, 15) is 18.3 Å². The average Bonchev–Trinajstić information content (AvgIpc) is 2.53. The van der Waals surface area contributed by atoms with Crippen molar-refractivity contribution in [2.75, 3.05) is 24.6 Å². The van der Waals surface area contributed by atoms with Crippen molar-refractivity contribution in [1.82, 2.24) is 4.98 Å². The number of piperidine rings is 1. The molecule has 2 heterocycles. The van der Waals surface area contributed by atoms with Crippen LogP contribution in [0.5, 0.6) is 0 Å². The molecule has 1 fully saturated rings. The standard InChI is InChI=1S/C16H17F3N2O/c17-16(18,19)12-3-4-13-14(8-12)20-6-5-15(13)21-7-1-2-11(9-21)10-22/h3-6,8,11,22H,1-2,7,9-10H2. The third-order valence-corrected chi connectivity index (χ3v) is 4.16. The maximum absolute atomic E-state index is 12.8. The van der Waals surface area contributed by atoms with Gasteiger partial charge in [-0.1, -0.05) is 6.07 Å². The van der Waals surface area contributed by atoms with E-state index in [1.165, 1.54) is 6.07 Å². The maximum atomic E-state index is 12.8. The highest BCUT2D eigenvalue weighted by Crippen LogP contribution is 2.34. The molecule has 2 aromatic rings. The lowest BCUT2D eigenvalue weighted by molar-refractivity contribution is -0.137. The van der Waals surface area contributed by atoms with Crippen LogP contribution in [0.2, 0.25) is 0 Å². The van der Waals surface area contributed by atoms with Gasteiger partial charge in [-0.2, -0.15) is 13.2 Å². The number of alkyl halides is 3. The van der Waals surface area contributed by atoms with Crippen molar-refractivity contribution in [3.05, 3.63) is 36.0 Å². The van der Waals surface area contributed by atoms with Gasteiger partial charge in [0.2, 0.25) is 0 Å². The number of halogens is 3. The smallest absolute Gasteiger partial charge is 0.396 e. The van der Waals surface area contributed by atoms with Crippen molar-refractivity contribution in [3.8, 4) is 0 Å². The third-order valence-electron chi connectivity index (χ3n) is 4.16. The lowest BCUT2D eigenvalue weighted by Gasteiger charge is -2.34. The fourth-order valence-electron chi connectivity index (χ4n) is 3.02. The van der Waals surface area contributed by atoms with E-state index < -0.39 is 11.7 Å². The summed E-state index contributed by atoms with van der Waals surface area (Å²) in [6, 6.07) is 5.51. The Morgan fingerprint density at radius 2 is 2.09 bits per heavy atom. The molecule has 1 N–H and O–H groups in total. The number of rotatable bonds is 2. The van der Waals surface area contributed by atoms with Gasteiger partial charge in [-0.25, -0.2) is 0 Å². The van der Waals surface area contributed by atoms with Crippen LogP contribution in [0.4, 0.5) is 18.9 Å². The van der Waals surface area contributed by atoms with Crippen molar-refractivity contribution in [2.45, 2.75) is 19.0 Å². The SMILES string of the molecule is OCC1CCCN(c2ccnc3cc(C(F)(F)F)ccc23)C1. The zero-order chi connectivity index (χ0) is 15.7. The summed E-state index contributed by atoms with van der Waals surface area (Å²) in [5, 5.41) is 10.0. The van der Waals surface area contributed by atoms with Crippen molar-refractivity contribution >= 4 is 16.6 Å². The normalized spacial score (nSPS) is 19.6. The van der Waals surface area contributed by atoms with Gasteiger partial charge in [-0.15, -0.1) is 0 Å². The average molecular weight is 310 g/mol. The summed E-state index contributed by atoms with van der Waals surface area (Å²) in [5.74, 6) is 0.214. The molecule has 0 bridgehead atoms. The number of nitrogens with zero attached hydrogens (tertiary/aromatic N) is 2. The molecule has 1 aliphatic rings. The molecule has 0 aliphatic carbocycles. The Morgan fingerprint density at radius 3 is 2.82 bits per heavy atom. The quantitative estimate of drug-likeness (QED) is 0.923. The summed E-state index contributed by atoms with van der Waals surface area (Å²) in [4.78, 5) is 6.20. The summed E-state index contributed by atoms with van der Waals surface area (Å²) in [6.45, 7) is 1.70. The number of fused-ring (bicyclic) bond motifs is 1. The van der Waals surface area contributed by atoms with Crippen LogP contribution in [0.25, 0.3) is 10.9 Å². The Balaban J connectivity index is 2.00. The second-order valence-corrected chi connectivity index (χ2v) is 5.70. The van der Waals surface area contributed by atoms with E-state index in [0.29, 0.717) is 10.9 Å². The first-order valence-electron chi connectivity index (χ1n) is 7.31. The Kier molecular flexibility index (Phi) is 3.95. The molecule has 0 spiro atoms. The van der Waals surface area contributed by atoms with Crippen LogP contribution in [0.1, 0.15) is 18.4 Å². The lowest BCUT2D eigenvalue weighted by atomic mass is 9.98. The molecule has 118 valence electrons. The highest BCUT2D eigenvalue weighted by Gasteiger charge is 2.31. The predicted octanol–water partition coefficient (Wildman–Crippen LogP) is 3.46. The van der Waals surface area contributed by atoms with Crippen LogP contribution in [-0.4, -0.2) is 29.8 Å². The van der Waals surface area contributed by atoms with Crippen LogP contribution < -0.4 is 4.90 Å². The van der Waals surface area contributed by atoms with Crippen LogP contribution in [0.3, 0.4) is 0 Å². The first-order valence-corrected chi connectivity index (χ1v) is 7.31. The molecule has 1 saturated heterocycles. The molecule has 1 atom stereocenters. The number of anilines is 1. The number of hydrogen-bond donors (Lipinski definition) is 1. The molecule has 3 rings (SSSR count). The molecule has 0 radical (unpaired) electrons. The molecule has 0 amide bonds. The zero-order valence-electron chi connectivity index (χ0n) is 12.0. The minimum atomic E-state index is -4.36. The first kappa shape index (κ1) is 15.1. The molecule has 1 aromatic heterocycles. The van der Waals surface area contributed by atoms with E-state index in [1.807, 2.05) is 6.07 Å². The minimum Gasteiger partial charge on any atom is -0.396 e. The Hall–Kier alpha value is -1.82. The third kappa shape index (κ3) is 2.88. The monoisotopic (exact) mass is 310 g/mol. The van der Waals surface area contributed by atoms with E-state index in [2.05, 4.69) is 9.88 Å².